The van der Waals surface area contributed by atoms with Gasteiger partial charge in [0.1, 0.15) is 5.82 Å². The Balaban J connectivity index is 2.03. The summed E-state index contributed by atoms with van der Waals surface area (Å²) in [6.07, 6.45) is 0. The fraction of sp³-hybridized carbons (Fsp3) is 0.400. The highest BCUT2D eigenvalue weighted by atomic mass is 32.1. The summed E-state index contributed by atoms with van der Waals surface area (Å²) in [6, 6.07) is 5.18. The van der Waals surface area contributed by atoms with Gasteiger partial charge in [0, 0.05) is 35.8 Å². The molecule has 0 spiro atoms. The number of hydrogen-bond acceptors (Lipinski definition) is 3. The quantitative estimate of drug-likeness (QED) is 0.876. The molecule has 0 saturated carbocycles. The number of nitrogens with one attached hydrogen (secondary N) is 1. The van der Waals surface area contributed by atoms with Crippen molar-refractivity contribution in [1.29, 1.82) is 0 Å². The summed E-state index contributed by atoms with van der Waals surface area (Å²) in [5.74, 6) is -0.222. The average Bonchev–Trinajstić information content (AvgIpc) is 2.77. The lowest BCUT2D eigenvalue weighted by Gasteiger charge is -2.33. The number of fused-ring (bicyclic) bond motifs is 1. The Morgan fingerprint density at radius 3 is 3.00 bits per heavy atom. The number of benzene rings is 1. The molecular formula is C15H17FN2OS. The zero-order chi connectivity index (χ0) is 14.3. The topological polar surface area (TPSA) is 32.3 Å². The Bertz CT molecular complexity index is 667. The van der Waals surface area contributed by atoms with Gasteiger partial charge in [-0.15, -0.1) is 11.3 Å². The van der Waals surface area contributed by atoms with Crippen LogP contribution in [0.5, 0.6) is 0 Å². The van der Waals surface area contributed by atoms with Gasteiger partial charge in [-0.2, -0.15) is 0 Å². The van der Waals surface area contributed by atoms with Gasteiger partial charge in [-0.25, -0.2) is 4.39 Å². The molecule has 1 unspecified atom stereocenters. The van der Waals surface area contributed by atoms with Crippen molar-refractivity contribution in [3.63, 3.8) is 0 Å². The van der Waals surface area contributed by atoms with E-state index in [1.807, 2.05) is 24.8 Å². The molecule has 1 saturated heterocycles. The predicted octanol–water partition coefficient (Wildman–Crippen LogP) is 2.78. The molecule has 1 fully saturated rings. The molecule has 0 aliphatic carbocycles. The second-order valence-corrected chi connectivity index (χ2v) is 6.27. The lowest BCUT2D eigenvalue weighted by atomic mass is 10.1. The number of piperazine rings is 1. The minimum atomic E-state index is -0.247. The molecule has 3 rings (SSSR count). The lowest BCUT2D eigenvalue weighted by molar-refractivity contribution is 0.0660. The Hall–Kier alpha value is -1.46. The molecule has 1 aliphatic rings. The standard InChI is InChI=1S/C15H17FN2OS/c1-9-8-17-6-7-18(9)15(19)14-10(2)13-11(16)4-3-5-12(13)20-14/h3-5,9,17H,6-8H2,1-2H3. The minimum Gasteiger partial charge on any atom is -0.333 e. The van der Waals surface area contributed by atoms with E-state index in [1.54, 1.807) is 6.07 Å². The van der Waals surface area contributed by atoms with Crippen molar-refractivity contribution in [2.45, 2.75) is 19.9 Å². The third-order valence-corrected chi connectivity index (χ3v) is 5.10. The zero-order valence-electron chi connectivity index (χ0n) is 11.6. The summed E-state index contributed by atoms with van der Waals surface area (Å²) < 4.78 is 14.8. The number of carbonyl (C=O) groups excluding carboxylic acids is 1. The number of nitrogens with zero attached hydrogens (tertiary/aromatic N) is 1. The van der Waals surface area contributed by atoms with Crippen LogP contribution >= 0.6 is 11.3 Å². The first-order valence-electron chi connectivity index (χ1n) is 6.79. The van der Waals surface area contributed by atoms with E-state index in [-0.39, 0.29) is 17.8 Å². The van der Waals surface area contributed by atoms with E-state index in [0.29, 0.717) is 16.8 Å². The molecule has 2 heterocycles. The smallest absolute Gasteiger partial charge is 0.264 e. The number of thiophene rings is 1. The minimum absolute atomic E-state index is 0.0251. The fourth-order valence-corrected chi connectivity index (χ4v) is 3.91. The van der Waals surface area contributed by atoms with Crippen molar-refractivity contribution >= 4 is 27.3 Å². The average molecular weight is 292 g/mol. The van der Waals surface area contributed by atoms with E-state index in [4.69, 9.17) is 0 Å². The van der Waals surface area contributed by atoms with Gasteiger partial charge in [0.2, 0.25) is 0 Å². The Morgan fingerprint density at radius 1 is 1.50 bits per heavy atom. The lowest BCUT2D eigenvalue weighted by Crippen LogP contribution is -2.52. The van der Waals surface area contributed by atoms with Gasteiger partial charge in [0.25, 0.3) is 5.91 Å². The largest absolute Gasteiger partial charge is 0.333 e. The summed E-state index contributed by atoms with van der Waals surface area (Å²) in [6.45, 7) is 6.20. The van der Waals surface area contributed by atoms with Crippen molar-refractivity contribution in [2.75, 3.05) is 19.6 Å². The first-order valence-corrected chi connectivity index (χ1v) is 7.60. The highest BCUT2D eigenvalue weighted by Gasteiger charge is 2.27. The van der Waals surface area contributed by atoms with Gasteiger partial charge in [-0.3, -0.25) is 4.79 Å². The summed E-state index contributed by atoms with van der Waals surface area (Å²) in [5.41, 5.74) is 0.763. The van der Waals surface area contributed by atoms with Gasteiger partial charge in [0.15, 0.2) is 0 Å². The molecule has 1 aliphatic heterocycles. The molecule has 106 valence electrons. The fourth-order valence-electron chi connectivity index (χ4n) is 2.73. The predicted molar refractivity (Wildman–Crippen MR) is 79.9 cm³/mol. The number of halogens is 1. The number of carbonyl (C=O) groups is 1. The van der Waals surface area contributed by atoms with Crippen molar-refractivity contribution in [3.05, 3.63) is 34.5 Å². The maximum atomic E-state index is 13.9. The molecule has 0 radical (unpaired) electrons. The zero-order valence-corrected chi connectivity index (χ0v) is 12.4. The second-order valence-electron chi connectivity index (χ2n) is 5.22. The van der Waals surface area contributed by atoms with Gasteiger partial charge < -0.3 is 10.2 Å². The molecule has 1 N–H and O–H groups in total. The normalized spacial score (nSPS) is 19.6. The summed E-state index contributed by atoms with van der Waals surface area (Å²) in [4.78, 5) is 15.2. The SMILES string of the molecule is Cc1c(C(=O)N2CCNCC2C)sc2cccc(F)c12. The number of aryl methyl sites for hydroxylation is 1. The molecule has 0 bridgehead atoms. The molecular weight excluding hydrogens is 275 g/mol. The van der Waals surface area contributed by atoms with Crippen molar-refractivity contribution < 1.29 is 9.18 Å². The molecule has 1 aromatic heterocycles. The van der Waals surface area contributed by atoms with E-state index >= 15 is 0 Å². The third kappa shape index (κ3) is 2.11. The first kappa shape index (κ1) is 13.5. The van der Waals surface area contributed by atoms with Gasteiger partial charge in [-0.05, 0) is 31.5 Å². The third-order valence-electron chi connectivity index (χ3n) is 3.86. The van der Waals surface area contributed by atoms with Crippen LogP contribution < -0.4 is 5.32 Å². The number of amides is 1. The van der Waals surface area contributed by atoms with E-state index in [0.717, 1.165) is 23.4 Å². The van der Waals surface area contributed by atoms with E-state index < -0.39 is 0 Å². The van der Waals surface area contributed by atoms with Crippen LogP contribution in [0.1, 0.15) is 22.2 Å². The van der Waals surface area contributed by atoms with Crippen LogP contribution in [0.4, 0.5) is 4.39 Å². The van der Waals surface area contributed by atoms with E-state index in [9.17, 15) is 9.18 Å². The van der Waals surface area contributed by atoms with Crippen molar-refractivity contribution in [3.8, 4) is 0 Å². The van der Waals surface area contributed by atoms with Gasteiger partial charge in [0.05, 0.1) is 4.88 Å². The Kier molecular flexibility index (Phi) is 3.48. The molecule has 3 nitrogen and oxygen atoms in total. The highest BCUT2D eigenvalue weighted by molar-refractivity contribution is 7.21. The maximum absolute atomic E-state index is 13.9. The Morgan fingerprint density at radius 2 is 2.30 bits per heavy atom. The molecule has 20 heavy (non-hydrogen) atoms. The van der Waals surface area contributed by atoms with Crippen LogP contribution in [-0.2, 0) is 0 Å². The summed E-state index contributed by atoms with van der Waals surface area (Å²) in [5, 5.41) is 3.86. The van der Waals surface area contributed by atoms with Crippen LogP contribution in [0.3, 0.4) is 0 Å². The van der Waals surface area contributed by atoms with Crippen LogP contribution in [0.15, 0.2) is 18.2 Å². The van der Waals surface area contributed by atoms with Crippen LogP contribution in [0, 0.1) is 12.7 Å². The van der Waals surface area contributed by atoms with Crippen LogP contribution in [0.2, 0.25) is 0 Å². The maximum Gasteiger partial charge on any atom is 0.264 e. The van der Waals surface area contributed by atoms with E-state index in [2.05, 4.69) is 5.32 Å². The van der Waals surface area contributed by atoms with Crippen LogP contribution in [0.25, 0.3) is 10.1 Å². The summed E-state index contributed by atoms with van der Waals surface area (Å²) in [7, 11) is 0. The molecule has 1 atom stereocenters. The molecule has 2 aromatic rings. The molecule has 1 aromatic carbocycles. The molecule has 5 heteroatoms. The van der Waals surface area contributed by atoms with Gasteiger partial charge >= 0.3 is 0 Å². The number of hydrogen-bond donors (Lipinski definition) is 1. The van der Waals surface area contributed by atoms with Gasteiger partial charge in [-0.1, -0.05) is 6.07 Å². The van der Waals surface area contributed by atoms with Crippen molar-refractivity contribution in [2.24, 2.45) is 0 Å². The van der Waals surface area contributed by atoms with Crippen molar-refractivity contribution in [1.82, 2.24) is 10.2 Å². The first-order chi connectivity index (χ1) is 9.59. The summed E-state index contributed by atoms with van der Waals surface area (Å²) >= 11 is 1.39. The monoisotopic (exact) mass is 292 g/mol. The van der Waals surface area contributed by atoms with Crippen LogP contribution in [-0.4, -0.2) is 36.5 Å². The second kappa shape index (κ2) is 5.14. The van der Waals surface area contributed by atoms with E-state index in [1.165, 1.54) is 17.4 Å². The molecule has 1 amide bonds. The number of rotatable bonds is 1. The highest BCUT2D eigenvalue weighted by Crippen LogP contribution is 2.33. The Labute approximate surface area is 121 Å².